The molecule has 0 bridgehead atoms. The number of nitrogens with one attached hydrogen (secondary N) is 2. The van der Waals surface area contributed by atoms with Crippen molar-refractivity contribution in [2.45, 2.75) is 18.9 Å². The van der Waals surface area contributed by atoms with Crippen molar-refractivity contribution < 1.29 is 9.53 Å². The molecule has 4 nitrogen and oxygen atoms in total. The van der Waals surface area contributed by atoms with Crippen molar-refractivity contribution in [2.24, 2.45) is 0 Å². The van der Waals surface area contributed by atoms with Gasteiger partial charge in [0.1, 0.15) is 5.75 Å². The zero-order valence-corrected chi connectivity index (χ0v) is 10.5. The minimum Gasteiger partial charge on any atom is -0.497 e. The van der Waals surface area contributed by atoms with Gasteiger partial charge in [0.2, 0.25) is 5.91 Å². The summed E-state index contributed by atoms with van der Waals surface area (Å²) in [6.45, 7) is 0.346. The van der Waals surface area contributed by atoms with Crippen LogP contribution in [0.2, 0.25) is 0 Å². The van der Waals surface area contributed by atoms with Gasteiger partial charge < -0.3 is 15.4 Å². The van der Waals surface area contributed by atoms with Gasteiger partial charge in [0.25, 0.3) is 0 Å². The average molecular weight is 246 g/mol. The molecule has 1 amide bonds. The molecular weight excluding hydrogens is 228 g/mol. The predicted molar refractivity (Wildman–Crippen MR) is 71.8 cm³/mol. The van der Waals surface area contributed by atoms with Crippen LogP contribution in [-0.2, 0) is 4.79 Å². The van der Waals surface area contributed by atoms with E-state index in [1.165, 1.54) is 0 Å². The number of ether oxygens (including phenoxy) is 1. The Balaban J connectivity index is 1.75. The van der Waals surface area contributed by atoms with E-state index in [0.717, 1.165) is 24.3 Å². The van der Waals surface area contributed by atoms with Gasteiger partial charge in [-0.15, -0.1) is 0 Å². The molecule has 0 aliphatic heterocycles. The molecule has 0 saturated carbocycles. The van der Waals surface area contributed by atoms with Crippen LogP contribution in [0.15, 0.2) is 36.4 Å². The summed E-state index contributed by atoms with van der Waals surface area (Å²) in [5, 5.41) is 6.06. The number of benzene rings is 1. The molecule has 1 aromatic rings. The van der Waals surface area contributed by atoms with Gasteiger partial charge in [-0.2, -0.15) is 0 Å². The lowest BCUT2D eigenvalue weighted by atomic mass is 10.2. The zero-order valence-electron chi connectivity index (χ0n) is 10.5. The molecule has 0 radical (unpaired) electrons. The second-order valence-electron chi connectivity index (χ2n) is 4.30. The molecule has 1 aliphatic rings. The first-order chi connectivity index (χ1) is 8.78. The summed E-state index contributed by atoms with van der Waals surface area (Å²) < 4.78 is 5.06. The minimum atomic E-state index is -0.0212. The molecule has 2 N–H and O–H groups in total. The topological polar surface area (TPSA) is 50.4 Å². The fraction of sp³-hybridized carbons (Fsp3) is 0.357. The highest BCUT2D eigenvalue weighted by Crippen LogP contribution is 2.14. The fourth-order valence-corrected chi connectivity index (χ4v) is 1.90. The SMILES string of the molecule is COc1ccc(NC(=O)CNC2CC=CC2)cc1. The van der Waals surface area contributed by atoms with Gasteiger partial charge in [-0.1, -0.05) is 12.2 Å². The molecule has 0 spiro atoms. The van der Waals surface area contributed by atoms with Gasteiger partial charge in [-0.3, -0.25) is 4.79 Å². The number of anilines is 1. The van der Waals surface area contributed by atoms with Crippen molar-refractivity contribution in [1.82, 2.24) is 5.32 Å². The van der Waals surface area contributed by atoms with Crippen LogP contribution in [0.5, 0.6) is 5.75 Å². The molecule has 18 heavy (non-hydrogen) atoms. The van der Waals surface area contributed by atoms with E-state index in [-0.39, 0.29) is 5.91 Å². The maximum absolute atomic E-state index is 11.7. The third-order valence-electron chi connectivity index (χ3n) is 2.93. The first kappa shape index (κ1) is 12.6. The Morgan fingerprint density at radius 3 is 2.56 bits per heavy atom. The molecular formula is C14H18N2O2. The van der Waals surface area contributed by atoms with Crippen LogP contribution in [0.25, 0.3) is 0 Å². The fourth-order valence-electron chi connectivity index (χ4n) is 1.90. The molecule has 0 unspecified atom stereocenters. The van der Waals surface area contributed by atoms with Crippen LogP contribution in [0, 0.1) is 0 Å². The van der Waals surface area contributed by atoms with Crippen LogP contribution >= 0.6 is 0 Å². The normalized spacial score (nSPS) is 14.7. The predicted octanol–water partition coefficient (Wildman–Crippen LogP) is 1.94. The average Bonchev–Trinajstić information content (AvgIpc) is 2.90. The van der Waals surface area contributed by atoms with E-state index in [9.17, 15) is 4.79 Å². The third-order valence-corrected chi connectivity index (χ3v) is 2.93. The lowest BCUT2D eigenvalue weighted by Gasteiger charge is -2.12. The highest BCUT2D eigenvalue weighted by Gasteiger charge is 2.11. The van der Waals surface area contributed by atoms with Crippen molar-refractivity contribution in [3.63, 3.8) is 0 Å². The summed E-state index contributed by atoms with van der Waals surface area (Å²) in [6.07, 6.45) is 6.30. The number of carbonyl (C=O) groups is 1. The van der Waals surface area contributed by atoms with Gasteiger partial charge in [0, 0.05) is 11.7 Å². The standard InChI is InChI=1S/C14H18N2O2/c1-18-13-8-6-12(7-9-13)16-14(17)10-15-11-4-2-3-5-11/h2-3,6-9,11,15H,4-5,10H2,1H3,(H,16,17). The molecule has 1 aliphatic carbocycles. The molecule has 2 rings (SSSR count). The number of methoxy groups -OCH3 is 1. The number of hydrogen-bond acceptors (Lipinski definition) is 3. The van der Waals surface area contributed by atoms with Gasteiger partial charge in [-0.05, 0) is 37.1 Å². The molecule has 0 aromatic heterocycles. The lowest BCUT2D eigenvalue weighted by Crippen LogP contribution is -2.34. The molecule has 96 valence electrons. The van der Waals surface area contributed by atoms with Gasteiger partial charge in [0.15, 0.2) is 0 Å². The van der Waals surface area contributed by atoms with Crippen LogP contribution in [0.4, 0.5) is 5.69 Å². The van der Waals surface area contributed by atoms with E-state index in [0.29, 0.717) is 12.6 Å². The van der Waals surface area contributed by atoms with Crippen LogP contribution in [-0.4, -0.2) is 25.6 Å². The van der Waals surface area contributed by atoms with Crippen molar-refractivity contribution in [1.29, 1.82) is 0 Å². The van der Waals surface area contributed by atoms with Crippen LogP contribution in [0.1, 0.15) is 12.8 Å². The molecule has 1 aromatic carbocycles. The second-order valence-corrected chi connectivity index (χ2v) is 4.30. The van der Waals surface area contributed by atoms with Crippen molar-refractivity contribution in [3.8, 4) is 5.75 Å². The van der Waals surface area contributed by atoms with E-state index in [4.69, 9.17) is 4.74 Å². The van der Waals surface area contributed by atoms with E-state index < -0.39 is 0 Å². The van der Waals surface area contributed by atoms with Crippen molar-refractivity contribution >= 4 is 11.6 Å². The van der Waals surface area contributed by atoms with Gasteiger partial charge in [0.05, 0.1) is 13.7 Å². The molecule has 4 heteroatoms. The second kappa shape index (κ2) is 6.21. The Labute approximate surface area is 107 Å². The Hall–Kier alpha value is -1.81. The number of amides is 1. The molecule has 0 heterocycles. The Kier molecular flexibility index (Phi) is 4.36. The first-order valence-electron chi connectivity index (χ1n) is 6.10. The van der Waals surface area contributed by atoms with Crippen LogP contribution in [0.3, 0.4) is 0 Å². The Bertz CT molecular complexity index is 418. The Morgan fingerprint density at radius 1 is 1.28 bits per heavy atom. The first-order valence-corrected chi connectivity index (χ1v) is 6.10. The lowest BCUT2D eigenvalue weighted by molar-refractivity contribution is -0.115. The summed E-state index contributed by atoms with van der Waals surface area (Å²) in [7, 11) is 1.62. The van der Waals surface area contributed by atoms with E-state index in [2.05, 4.69) is 22.8 Å². The monoisotopic (exact) mass is 246 g/mol. The zero-order chi connectivity index (χ0) is 12.8. The highest BCUT2D eigenvalue weighted by molar-refractivity contribution is 5.92. The van der Waals surface area contributed by atoms with Gasteiger partial charge >= 0.3 is 0 Å². The van der Waals surface area contributed by atoms with Crippen molar-refractivity contribution in [3.05, 3.63) is 36.4 Å². The van der Waals surface area contributed by atoms with E-state index in [1.54, 1.807) is 7.11 Å². The largest absolute Gasteiger partial charge is 0.497 e. The summed E-state index contributed by atoms with van der Waals surface area (Å²) in [4.78, 5) is 11.7. The summed E-state index contributed by atoms with van der Waals surface area (Å²) in [5.41, 5.74) is 0.784. The van der Waals surface area contributed by atoms with Crippen LogP contribution < -0.4 is 15.4 Å². The number of carbonyl (C=O) groups excluding carboxylic acids is 1. The summed E-state index contributed by atoms with van der Waals surface area (Å²) >= 11 is 0. The molecule has 0 atom stereocenters. The number of rotatable bonds is 5. The smallest absolute Gasteiger partial charge is 0.238 e. The maximum atomic E-state index is 11.7. The Morgan fingerprint density at radius 2 is 1.94 bits per heavy atom. The summed E-state index contributed by atoms with van der Waals surface area (Å²) in [6, 6.07) is 7.71. The minimum absolute atomic E-state index is 0.0212. The number of hydrogen-bond donors (Lipinski definition) is 2. The maximum Gasteiger partial charge on any atom is 0.238 e. The van der Waals surface area contributed by atoms with E-state index >= 15 is 0 Å². The summed E-state index contributed by atoms with van der Waals surface area (Å²) in [5.74, 6) is 0.759. The molecule has 0 fully saturated rings. The van der Waals surface area contributed by atoms with Crippen molar-refractivity contribution in [2.75, 3.05) is 19.0 Å². The molecule has 0 saturated heterocycles. The highest BCUT2D eigenvalue weighted by atomic mass is 16.5. The third kappa shape index (κ3) is 3.60. The van der Waals surface area contributed by atoms with Gasteiger partial charge in [-0.25, -0.2) is 0 Å². The van der Waals surface area contributed by atoms with E-state index in [1.807, 2.05) is 24.3 Å². The quantitative estimate of drug-likeness (QED) is 0.781.